The maximum atomic E-state index is 12.8. The van der Waals surface area contributed by atoms with E-state index in [1.165, 1.54) is 21.5 Å². The van der Waals surface area contributed by atoms with Crippen LogP contribution in [0.5, 0.6) is 5.75 Å². The highest BCUT2D eigenvalue weighted by atomic mass is 16.5. The van der Waals surface area contributed by atoms with Crippen molar-refractivity contribution in [2.75, 3.05) is 32.1 Å². The van der Waals surface area contributed by atoms with Crippen LogP contribution in [0.4, 0.5) is 5.69 Å². The quantitative estimate of drug-likeness (QED) is 0.485. The highest BCUT2D eigenvalue weighted by Gasteiger charge is 2.27. The predicted octanol–water partition coefficient (Wildman–Crippen LogP) is 0.803. The molecule has 0 aliphatic carbocycles. The number of nitrogens with zero attached hydrogens (tertiary/aromatic N) is 3. The number of carboxylic acids is 1. The van der Waals surface area contributed by atoms with Gasteiger partial charge in [-0.15, -0.1) is 0 Å². The van der Waals surface area contributed by atoms with E-state index in [2.05, 4.69) is 5.27 Å². The van der Waals surface area contributed by atoms with Gasteiger partial charge in [0.1, 0.15) is 18.8 Å². The van der Waals surface area contributed by atoms with Gasteiger partial charge in [-0.1, -0.05) is 18.2 Å². The number of aromatic nitrogens is 2. The number of amides is 1. The third-order valence-electron chi connectivity index (χ3n) is 4.65. The van der Waals surface area contributed by atoms with Gasteiger partial charge < -0.3 is 19.6 Å². The van der Waals surface area contributed by atoms with Crippen LogP contribution >= 0.6 is 0 Å². The van der Waals surface area contributed by atoms with Gasteiger partial charge in [0.25, 0.3) is 0 Å². The second kappa shape index (κ2) is 9.61. The van der Waals surface area contributed by atoms with Crippen molar-refractivity contribution in [1.82, 2.24) is 10.2 Å². The molecule has 1 amide bonds. The van der Waals surface area contributed by atoms with E-state index in [0.29, 0.717) is 17.1 Å². The Labute approximate surface area is 177 Å². The number of anilines is 1. The van der Waals surface area contributed by atoms with Gasteiger partial charge in [0.15, 0.2) is 0 Å². The van der Waals surface area contributed by atoms with Crippen LogP contribution < -0.4 is 19.9 Å². The number of hydrogen-bond acceptors (Lipinski definition) is 6. The van der Waals surface area contributed by atoms with E-state index in [1.54, 1.807) is 61.7 Å². The van der Waals surface area contributed by atoms with E-state index >= 15 is 0 Å². The summed E-state index contributed by atoms with van der Waals surface area (Å²) in [7, 11) is 3.09. The Balaban J connectivity index is 1.77. The van der Waals surface area contributed by atoms with Crippen molar-refractivity contribution in [3.05, 3.63) is 70.7 Å². The van der Waals surface area contributed by atoms with Crippen LogP contribution in [0.15, 0.2) is 63.9 Å². The number of carbonyl (C=O) groups is 2. The Morgan fingerprint density at radius 3 is 2.39 bits per heavy atom. The van der Waals surface area contributed by atoms with Gasteiger partial charge in [0, 0.05) is 24.9 Å². The fraction of sp³-hybridized carbons (Fsp3) is 0.238. The number of rotatable bonds is 9. The first kappa shape index (κ1) is 21.6. The Bertz CT molecular complexity index is 1090. The third kappa shape index (κ3) is 5.30. The van der Waals surface area contributed by atoms with Gasteiger partial charge in [-0.2, -0.15) is 0 Å². The Hall–Kier alpha value is -4.08. The molecule has 0 unspecified atom stereocenters. The van der Waals surface area contributed by atoms with E-state index in [1.807, 2.05) is 0 Å². The van der Waals surface area contributed by atoms with Crippen molar-refractivity contribution in [2.45, 2.75) is 6.54 Å². The molecule has 0 bridgehead atoms. The van der Waals surface area contributed by atoms with E-state index in [0.717, 1.165) is 0 Å². The van der Waals surface area contributed by atoms with Crippen molar-refractivity contribution in [1.29, 1.82) is 0 Å². The van der Waals surface area contributed by atoms with E-state index in [4.69, 9.17) is 9.26 Å². The zero-order valence-electron chi connectivity index (χ0n) is 17.1. The number of carbonyl (C=O) groups excluding carboxylic acids is 1. The van der Waals surface area contributed by atoms with E-state index < -0.39 is 11.6 Å². The zero-order chi connectivity index (χ0) is 22.4. The molecule has 31 heavy (non-hydrogen) atoms. The molecule has 1 heterocycles. The normalized spacial score (nSPS) is 10.5. The van der Waals surface area contributed by atoms with Crippen LogP contribution in [0.1, 0.15) is 5.69 Å². The van der Waals surface area contributed by atoms with E-state index in [9.17, 15) is 19.5 Å². The monoisotopic (exact) mass is 427 g/mol. The number of aliphatic carboxylic acids is 1. The summed E-state index contributed by atoms with van der Waals surface area (Å²) in [6.07, 6.45) is 0. The van der Waals surface area contributed by atoms with Gasteiger partial charge in [-0.05, 0) is 34.2 Å². The molecule has 10 nitrogen and oxygen atoms in total. The highest BCUT2D eigenvalue weighted by molar-refractivity contribution is 5.83. The van der Waals surface area contributed by atoms with Crippen LogP contribution in [-0.2, 0) is 16.1 Å². The van der Waals surface area contributed by atoms with Gasteiger partial charge in [0.2, 0.25) is 11.6 Å². The fourth-order valence-corrected chi connectivity index (χ4v) is 3.00. The average Bonchev–Trinajstić information content (AvgIpc) is 3.13. The standard InChI is InChI=1S/C21H22N4O6/c1-23(19(26)13-24(14-20(27)28)15-6-4-3-5-7-15)12-18-21(29)31-22-25(18)16-8-10-17(30-2)11-9-16/h3-11H,12-14H2,1-2H3,(H-,22,27,28,29)/p+1. The van der Waals surface area contributed by atoms with Gasteiger partial charge >= 0.3 is 17.3 Å². The lowest BCUT2D eigenvalue weighted by molar-refractivity contribution is -0.678. The highest BCUT2D eigenvalue weighted by Crippen LogP contribution is 2.14. The molecule has 0 atom stereocenters. The van der Waals surface area contributed by atoms with Crippen LogP contribution in [0.25, 0.3) is 5.69 Å². The molecule has 0 aliphatic rings. The van der Waals surface area contributed by atoms with Crippen LogP contribution in [0.2, 0.25) is 0 Å². The smallest absolute Gasteiger partial charge is 0.432 e. The van der Waals surface area contributed by atoms with Crippen LogP contribution in [0, 0.1) is 0 Å². The number of carboxylic acid groups (broad SMARTS) is 1. The first-order valence-corrected chi connectivity index (χ1v) is 9.41. The summed E-state index contributed by atoms with van der Waals surface area (Å²) in [5.41, 5.74) is 0.840. The molecule has 3 aromatic rings. The first-order chi connectivity index (χ1) is 14.9. The van der Waals surface area contributed by atoms with Crippen molar-refractivity contribution >= 4 is 17.6 Å². The number of ether oxygens (including phenoxy) is 1. The molecular formula is C21H23N4O6+. The predicted molar refractivity (Wildman–Crippen MR) is 110 cm³/mol. The molecule has 3 rings (SSSR count). The lowest BCUT2D eigenvalue weighted by Gasteiger charge is -2.24. The van der Waals surface area contributed by atoms with Gasteiger partial charge in [-0.3, -0.25) is 14.1 Å². The zero-order valence-corrected chi connectivity index (χ0v) is 17.1. The number of likely N-dealkylation sites (N-methyl/N-ethyl adjacent to an activating group) is 1. The summed E-state index contributed by atoms with van der Waals surface area (Å²) in [5, 5.41) is 11.7. The number of H-pyrrole nitrogens is 1. The molecule has 0 saturated carbocycles. The fourth-order valence-electron chi connectivity index (χ4n) is 3.00. The molecule has 1 aromatic heterocycles. The summed E-state index contributed by atoms with van der Waals surface area (Å²) in [6, 6.07) is 15.7. The van der Waals surface area contributed by atoms with Gasteiger partial charge in [0.05, 0.1) is 13.7 Å². The minimum Gasteiger partial charge on any atom is -0.497 e. The first-order valence-electron chi connectivity index (χ1n) is 9.41. The number of methoxy groups -OCH3 is 1. The minimum atomic E-state index is -1.05. The summed E-state index contributed by atoms with van der Waals surface area (Å²) < 4.78 is 11.5. The second-order valence-corrected chi connectivity index (χ2v) is 6.80. The lowest BCUT2D eigenvalue weighted by atomic mass is 10.2. The number of aromatic amines is 1. The van der Waals surface area contributed by atoms with Crippen molar-refractivity contribution in [3.63, 3.8) is 0 Å². The van der Waals surface area contributed by atoms with Crippen LogP contribution in [0.3, 0.4) is 0 Å². The minimum absolute atomic E-state index is 0.0353. The Morgan fingerprint density at radius 2 is 1.77 bits per heavy atom. The maximum Gasteiger partial charge on any atom is 0.432 e. The summed E-state index contributed by atoms with van der Waals surface area (Å²) in [6.45, 7) is -0.529. The molecule has 2 N–H and O–H groups in total. The molecule has 0 spiro atoms. The average molecular weight is 427 g/mol. The second-order valence-electron chi connectivity index (χ2n) is 6.80. The topological polar surface area (TPSA) is 120 Å². The van der Waals surface area contributed by atoms with Crippen molar-refractivity contribution in [3.8, 4) is 11.4 Å². The van der Waals surface area contributed by atoms with Crippen molar-refractivity contribution < 1.29 is 28.6 Å². The summed E-state index contributed by atoms with van der Waals surface area (Å²) in [4.78, 5) is 39.1. The molecule has 0 fully saturated rings. The Morgan fingerprint density at radius 1 is 1.10 bits per heavy atom. The number of benzene rings is 2. The third-order valence-corrected chi connectivity index (χ3v) is 4.65. The summed E-state index contributed by atoms with van der Waals surface area (Å²) >= 11 is 0. The lowest BCUT2D eigenvalue weighted by Crippen LogP contribution is -2.45. The molecule has 2 aromatic carbocycles. The maximum absolute atomic E-state index is 12.8. The largest absolute Gasteiger partial charge is 0.497 e. The SMILES string of the molecule is COc1ccc(-[n+]2[nH]oc(=O)c2CN(C)C(=O)CN(CC(=O)O)c2ccccc2)cc1. The molecule has 0 aliphatic heterocycles. The van der Waals surface area contributed by atoms with E-state index in [-0.39, 0.29) is 31.2 Å². The van der Waals surface area contributed by atoms with Crippen molar-refractivity contribution in [2.24, 2.45) is 0 Å². The molecular weight excluding hydrogens is 404 g/mol. The number of nitrogens with one attached hydrogen (secondary N) is 1. The summed E-state index contributed by atoms with van der Waals surface area (Å²) in [5.74, 6) is -0.751. The number of para-hydroxylation sites is 1. The molecule has 162 valence electrons. The Kier molecular flexibility index (Phi) is 6.71. The molecule has 10 heteroatoms. The molecule has 0 saturated heterocycles. The number of hydrogen-bond donors (Lipinski definition) is 2. The van der Waals surface area contributed by atoms with Gasteiger partial charge in [-0.25, -0.2) is 4.79 Å². The molecule has 0 radical (unpaired) electrons. The van der Waals surface area contributed by atoms with Crippen LogP contribution in [-0.4, -0.2) is 54.4 Å².